The molecule has 0 atom stereocenters. The Morgan fingerprint density at radius 3 is 1.57 bits per heavy atom. The summed E-state index contributed by atoms with van der Waals surface area (Å²) in [5.74, 6) is 0. The van der Waals surface area contributed by atoms with Gasteiger partial charge in [0.2, 0.25) is 0 Å². The maximum atomic E-state index is 5.10. The van der Waals surface area contributed by atoms with E-state index in [1.54, 1.807) is 0 Å². The van der Waals surface area contributed by atoms with Gasteiger partial charge in [0, 0.05) is 42.9 Å². The number of hydrogen-bond donors (Lipinski definition) is 0. The minimum absolute atomic E-state index is 0.968. The quantitative estimate of drug-likeness (QED) is 0.174. The van der Waals surface area contributed by atoms with Crippen LogP contribution in [0.25, 0.3) is 103 Å². The summed E-state index contributed by atoms with van der Waals surface area (Å²) in [5, 5.41) is 6.45. The molecule has 0 aliphatic rings. The highest BCUT2D eigenvalue weighted by Gasteiger charge is 2.22. The summed E-state index contributed by atoms with van der Waals surface area (Å²) in [4.78, 5) is 6.39. The van der Waals surface area contributed by atoms with Gasteiger partial charge >= 0.3 is 0 Å². The van der Waals surface area contributed by atoms with Crippen molar-refractivity contribution in [2.24, 2.45) is 0 Å². The molecule has 11 rings (SSSR count). The summed E-state index contributed by atoms with van der Waals surface area (Å²) < 4.78 is 3.84. The first-order valence-electron chi connectivity index (χ1n) is 18.4. The molecule has 0 radical (unpaired) electrons. The van der Waals surface area contributed by atoms with Crippen molar-refractivity contribution in [1.29, 1.82) is 0 Å². The zero-order valence-corrected chi connectivity index (χ0v) is 30.1. The Balaban J connectivity index is 1.12. The second-order valence-electron chi connectivity index (χ2n) is 13.9. The van der Waals surface area contributed by atoms with Crippen LogP contribution < -0.4 is 0 Å². The lowest BCUT2D eigenvalue weighted by atomic mass is 9.94. The van der Waals surface area contributed by atoms with Crippen LogP contribution in [0.15, 0.2) is 194 Å². The van der Waals surface area contributed by atoms with Crippen molar-refractivity contribution in [3.63, 3.8) is 0 Å². The number of nitrogens with zero attached hydrogens (tertiary/aromatic N) is 2. The van der Waals surface area contributed by atoms with Gasteiger partial charge in [0.15, 0.2) is 0 Å². The lowest BCUT2D eigenvalue weighted by Crippen LogP contribution is -1.91. The molecule has 0 fully saturated rings. The molecule has 0 saturated heterocycles. The molecule has 0 unspecified atom stereocenters. The Labute approximate surface area is 316 Å². The monoisotopic (exact) mass is 704 g/mol. The maximum absolute atomic E-state index is 5.10. The molecular weight excluding hydrogens is 673 g/mol. The van der Waals surface area contributed by atoms with Crippen molar-refractivity contribution < 1.29 is 0 Å². The summed E-state index contributed by atoms with van der Waals surface area (Å²) in [6.45, 7) is 0. The molecule has 0 bridgehead atoms. The van der Waals surface area contributed by atoms with E-state index in [0.717, 1.165) is 33.6 Å². The third-order valence-corrected chi connectivity index (χ3v) is 11.9. The van der Waals surface area contributed by atoms with E-state index >= 15 is 0 Å². The SMILES string of the molecule is c1ccc(-c2cc(-c3ccc(-c4ccc5c(c4)c4c(-c6ccccc6)c6ccccc6n4c4sc6ccccc6c54)cc3)cc(-c3ccccc3)n2)cc1. The van der Waals surface area contributed by atoms with Crippen LogP contribution in [-0.2, 0) is 0 Å². The minimum atomic E-state index is 0.968. The molecule has 0 amide bonds. The first kappa shape index (κ1) is 30.8. The number of hydrogen-bond acceptors (Lipinski definition) is 2. The Morgan fingerprint density at radius 2 is 0.907 bits per heavy atom. The van der Waals surface area contributed by atoms with Crippen LogP contribution in [0.4, 0.5) is 0 Å². The summed E-state index contributed by atoms with van der Waals surface area (Å²) in [6.07, 6.45) is 0. The Hall–Kier alpha value is -6.81. The molecule has 0 aliphatic carbocycles. The van der Waals surface area contributed by atoms with Crippen molar-refractivity contribution in [3.05, 3.63) is 194 Å². The van der Waals surface area contributed by atoms with Gasteiger partial charge in [-0.05, 0) is 63.5 Å². The molecule has 3 heteroatoms. The molecular formula is C51H32N2S. The van der Waals surface area contributed by atoms with Gasteiger partial charge < -0.3 is 0 Å². The van der Waals surface area contributed by atoms with E-state index in [9.17, 15) is 0 Å². The number of para-hydroxylation sites is 1. The number of benzene rings is 7. The molecule has 4 heterocycles. The predicted octanol–water partition coefficient (Wildman–Crippen LogP) is 14.3. The molecule has 11 aromatic rings. The fourth-order valence-corrected chi connectivity index (χ4v) is 9.49. The van der Waals surface area contributed by atoms with Crippen molar-refractivity contribution in [1.82, 2.24) is 9.38 Å². The smallest absolute Gasteiger partial charge is 0.109 e. The standard InChI is InChI=1S/C51H32N2S/c1-4-14-35(15-5-1)44-31-39(32-45(52-44)36-16-6-2-7-17-36)34-26-24-33(25-27-34)38-28-29-40-43(30-38)50-48(37-18-8-3-9-19-37)41-20-10-12-22-46(41)53(50)51-49(40)42-21-11-13-23-47(42)54-51/h1-32H. The number of thiophene rings is 1. The predicted molar refractivity (Wildman–Crippen MR) is 230 cm³/mol. The molecule has 252 valence electrons. The first-order valence-corrected chi connectivity index (χ1v) is 19.2. The van der Waals surface area contributed by atoms with Crippen LogP contribution in [0.3, 0.4) is 0 Å². The molecule has 7 aromatic carbocycles. The topological polar surface area (TPSA) is 17.3 Å². The average molecular weight is 705 g/mol. The number of pyridine rings is 2. The van der Waals surface area contributed by atoms with Crippen LogP contribution in [0.2, 0.25) is 0 Å². The van der Waals surface area contributed by atoms with Gasteiger partial charge in [0.25, 0.3) is 0 Å². The second-order valence-corrected chi connectivity index (χ2v) is 14.9. The Kier molecular flexibility index (Phi) is 7.07. The van der Waals surface area contributed by atoms with E-state index in [-0.39, 0.29) is 0 Å². The highest BCUT2D eigenvalue weighted by atomic mass is 32.1. The van der Waals surface area contributed by atoms with Gasteiger partial charge in [-0.15, -0.1) is 11.3 Å². The zero-order chi connectivity index (χ0) is 35.6. The van der Waals surface area contributed by atoms with Gasteiger partial charge in [0.05, 0.1) is 22.4 Å². The van der Waals surface area contributed by atoms with Crippen molar-refractivity contribution in [3.8, 4) is 55.9 Å². The highest BCUT2D eigenvalue weighted by molar-refractivity contribution is 7.25. The maximum Gasteiger partial charge on any atom is 0.109 e. The van der Waals surface area contributed by atoms with E-state index in [1.165, 1.54) is 69.7 Å². The normalized spacial score (nSPS) is 11.7. The summed E-state index contributed by atoms with van der Waals surface area (Å²) in [6, 6.07) is 70.1. The van der Waals surface area contributed by atoms with E-state index in [0.29, 0.717) is 0 Å². The summed E-state index contributed by atoms with van der Waals surface area (Å²) in [5.41, 5.74) is 13.9. The molecule has 0 spiro atoms. The van der Waals surface area contributed by atoms with E-state index in [2.05, 4.69) is 199 Å². The number of rotatable bonds is 5. The number of aromatic nitrogens is 2. The minimum Gasteiger partial charge on any atom is -0.299 e. The van der Waals surface area contributed by atoms with Crippen LogP contribution in [-0.4, -0.2) is 9.38 Å². The molecule has 54 heavy (non-hydrogen) atoms. The van der Waals surface area contributed by atoms with Crippen LogP contribution in [0, 0.1) is 0 Å². The van der Waals surface area contributed by atoms with Gasteiger partial charge in [-0.1, -0.05) is 164 Å². The number of fused-ring (bicyclic) bond motifs is 10. The molecule has 0 aliphatic heterocycles. The highest BCUT2D eigenvalue weighted by Crippen LogP contribution is 2.47. The average Bonchev–Trinajstić information content (AvgIpc) is 3.81. The lowest BCUT2D eigenvalue weighted by molar-refractivity contribution is 1.32. The fraction of sp³-hybridized carbons (Fsp3) is 0. The summed E-state index contributed by atoms with van der Waals surface area (Å²) in [7, 11) is 0. The van der Waals surface area contributed by atoms with Crippen LogP contribution in [0.1, 0.15) is 0 Å². The second kappa shape index (κ2) is 12.4. The van der Waals surface area contributed by atoms with E-state index in [1.807, 2.05) is 11.3 Å². The first-order chi connectivity index (χ1) is 26.8. The van der Waals surface area contributed by atoms with Crippen molar-refractivity contribution in [2.75, 3.05) is 0 Å². The molecule has 2 nitrogen and oxygen atoms in total. The molecule has 0 N–H and O–H groups in total. The van der Waals surface area contributed by atoms with Gasteiger partial charge in [-0.25, -0.2) is 4.98 Å². The van der Waals surface area contributed by atoms with Gasteiger partial charge in [-0.2, -0.15) is 0 Å². The van der Waals surface area contributed by atoms with E-state index in [4.69, 9.17) is 4.98 Å². The third-order valence-electron chi connectivity index (χ3n) is 10.8. The van der Waals surface area contributed by atoms with E-state index < -0.39 is 0 Å². The zero-order valence-electron chi connectivity index (χ0n) is 29.3. The van der Waals surface area contributed by atoms with Crippen molar-refractivity contribution >= 4 is 58.8 Å². The lowest BCUT2D eigenvalue weighted by Gasteiger charge is -2.13. The largest absolute Gasteiger partial charge is 0.299 e. The van der Waals surface area contributed by atoms with Gasteiger partial charge in [0.1, 0.15) is 4.83 Å². The van der Waals surface area contributed by atoms with Crippen LogP contribution in [0.5, 0.6) is 0 Å². The summed E-state index contributed by atoms with van der Waals surface area (Å²) >= 11 is 1.89. The van der Waals surface area contributed by atoms with Crippen molar-refractivity contribution in [2.45, 2.75) is 0 Å². The molecule has 0 saturated carbocycles. The molecule has 4 aromatic heterocycles. The Morgan fingerprint density at radius 1 is 0.370 bits per heavy atom. The van der Waals surface area contributed by atoms with Gasteiger partial charge in [-0.3, -0.25) is 4.40 Å². The Bertz CT molecular complexity index is 3120. The fourth-order valence-electron chi connectivity index (χ4n) is 8.26. The third kappa shape index (κ3) is 4.90. The van der Waals surface area contributed by atoms with Crippen LogP contribution >= 0.6 is 11.3 Å².